The summed E-state index contributed by atoms with van der Waals surface area (Å²) < 4.78 is 5.42. The van der Waals surface area contributed by atoms with Crippen molar-refractivity contribution < 1.29 is 4.74 Å². The molecule has 0 bridgehead atoms. The van der Waals surface area contributed by atoms with E-state index in [-0.39, 0.29) is 0 Å². The van der Waals surface area contributed by atoms with E-state index in [4.69, 9.17) is 4.74 Å². The largest absolute Gasteiger partial charge is 0.362 e. The van der Waals surface area contributed by atoms with Crippen LogP contribution in [0.4, 0.5) is 0 Å². The molecule has 1 aliphatic heterocycles. The maximum atomic E-state index is 5.42. The van der Waals surface area contributed by atoms with Crippen LogP contribution in [0, 0.1) is 0 Å². The van der Waals surface area contributed by atoms with Crippen LogP contribution in [0.2, 0.25) is 0 Å². The molecule has 0 aromatic carbocycles. The Morgan fingerprint density at radius 1 is 1.36 bits per heavy atom. The number of ether oxygens (including phenoxy) is 1. The molecule has 2 heteroatoms. The average molecular weight is 157 g/mol. The van der Waals surface area contributed by atoms with Gasteiger partial charge in [0.15, 0.2) is 0 Å². The van der Waals surface area contributed by atoms with Crippen LogP contribution in [-0.4, -0.2) is 19.4 Å². The van der Waals surface area contributed by atoms with Gasteiger partial charge in [0.2, 0.25) is 0 Å². The molecular formula is C9H19NO. The zero-order valence-electron chi connectivity index (χ0n) is 7.44. The van der Waals surface area contributed by atoms with E-state index in [1.165, 1.54) is 32.1 Å². The first-order chi connectivity index (χ1) is 5.43. The minimum Gasteiger partial charge on any atom is -0.362 e. The molecule has 1 N–H and O–H groups in total. The molecule has 1 saturated heterocycles. The van der Waals surface area contributed by atoms with Gasteiger partial charge in [-0.1, -0.05) is 26.2 Å². The van der Waals surface area contributed by atoms with Crippen LogP contribution in [0.25, 0.3) is 0 Å². The van der Waals surface area contributed by atoms with Crippen molar-refractivity contribution in [1.29, 1.82) is 0 Å². The fourth-order valence-corrected chi connectivity index (χ4v) is 1.42. The van der Waals surface area contributed by atoms with Crippen LogP contribution in [0.5, 0.6) is 0 Å². The Bertz CT molecular complexity index is 89.6. The molecule has 0 saturated carbocycles. The van der Waals surface area contributed by atoms with Crippen molar-refractivity contribution in [3.8, 4) is 0 Å². The normalized spacial score (nSPS) is 24.3. The van der Waals surface area contributed by atoms with Crippen molar-refractivity contribution >= 4 is 0 Å². The molecular weight excluding hydrogens is 138 g/mol. The molecule has 1 heterocycles. The summed E-state index contributed by atoms with van der Waals surface area (Å²) in [6, 6.07) is 0. The minimum atomic E-state index is 0.367. The van der Waals surface area contributed by atoms with Crippen LogP contribution in [-0.2, 0) is 4.74 Å². The molecule has 2 nitrogen and oxygen atoms in total. The number of hydrogen-bond acceptors (Lipinski definition) is 2. The Morgan fingerprint density at radius 3 is 2.91 bits per heavy atom. The summed E-state index contributed by atoms with van der Waals surface area (Å²) in [6.45, 7) is 4.18. The molecule has 0 spiro atoms. The molecule has 66 valence electrons. The van der Waals surface area contributed by atoms with Gasteiger partial charge < -0.3 is 4.74 Å². The van der Waals surface area contributed by atoms with Gasteiger partial charge in [-0.15, -0.1) is 0 Å². The van der Waals surface area contributed by atoms with E-state index in [9.17, 15) is 0 Å². The molecule has 0 aliphatic carbocycles. The molecule has 0 aromatic rings. The van der Waals surface area contributed by atoms with Gasteiger partial charge in [0.1, 0.15) is 6.23 Å². The molecule has 1 atom stereocenters. The van der Waals surface area contributed by atoms with Gasteiger partial charge in [0.05, 0.1) is 6.61 Å². The van der Waals surface area contributed by atoms with E-state index in [0.29, 0.717) is 6.23 Å². The van der Waals surface area contributed by atoms with Crippen molar-refractivity contribution in [2.75, 3.05) is 13.2 Å². The first-order valence-electron chi connectivity index (χ1n) is 4.78. The molecule has 0 aromatic heterocycles. The zero-order chi connectivity index (χ0) is 7.94. The third-order valence-electron chi connectivity index (χ3n) is 2.11. The van der Waals surface area contributed by atoms with E-state index in [1.807, 2.05) is 0 Å². The van der Waals surface area contributed by atoms with Crippen LogP contribution in [0.1, 0.15) is 39.0 Å². The lowest BCUT2D eigenvalue weighted by Gasteiger charge is -2.08. The number of rotatable bonds is 5. The number of hydrogen-bond donors (Lipinski definition) is 1. The van der Waals surface area contributed by atoms with Gasteiger partial charge in [-0.05, 0) is 12.8 Å². The molecule has 1 fully saturated rings. The van der Waals surface area contributed by atoms with E-state index in [2.05, 4.69) is 12.2 Å². The summed E-state index contributed by atoms with van der Waals surface area (Å²) in [5.74, 6) is 0. The SMILES string of the molecule is CCCCCCC1NCCO1. The molecule has 0 radical (unpaired) electrons. The van der Waals surface area contributed by atoms with E-state index in [0.717, 1.165) is 13.2 Å². The zero-order valence-corrected chi connectivity index (χ0v) is 7.44. The summed E-state index contributed by atoms with van der Waals surface area (Å²) in [4.78, 5) is 0. The summed E-state index contributed by atoms with van der Waals surface area (Å²) in [6.07, 6.45) is 6.92. The lowest BCUT2D eigenvalue weighted by Crippen LogP contribution is -2.21. The lowest BCUT2D eigenvalue weighted by molar-refractivity contribution is 0.0919. The molecule has 0 amide bonds. The van der Waals surface area contributed by atoms with Crippen molar-refractivity contribution in [1.82, 2.24) is 5.32 Å². The Balaban J connectivity index is 1.86. The second kappa shape index (κ2) is 5.56. The number of unbranched alkanes of at least 4 members (excludes halogenated alkanes) is 3. The fraction of sp³-hybridized carbons (Fsp3) is 1.00. The van der Waals surface area contributed by atoms with Crippen molar-refractivity contribution in [3.63, 3.8) is 0 Å². The third-order valence-corrected chi connectivity index (χ3v) is 2.11. The monoisotopic (exact) mass is 157 g/mol. The van der Waals surface area contributed by atoms with Gasteiger partial charge in [-0.2, -0.15) is 0 Å². The van der Waals surface area contributed by atoms with Crippen molar-refractivity contribution in [3.05, 3.63) is 0 Å². The smallest absolute Gasteiger partial charge is 0.108 e. The minimum absolute atomic E-state index is 0.367. The predicted molar refractivity (Wildman–Crippen MR) is 46.5 cm³/mol. The van der Waals surface area contributed by atoms with Crippen molar-refractivity contribution in [2.24, 2.45) is 0 Å². The van der Waals surface area contributed by atoms with Gasteiger partial charge in [0, 0.05) is 6.54 Å². The Morgan fingerprint density at radius 2 is 2.27 bits per heavy atom. The highest BCUT2D eigenvalue weighted by Gasteiger charge is 2.12. The third kappa shape index (κ3) is 3.73. The van der Waals surface area contributed by atoms with E-state index in [1.54, 1.807) is 0 Å². The Hall–Kier alpha value is -0.0800. The second-order valence-corrected chi connectivity index (χ2v) is 3.16. The molecule has 1 rings (SSSR count). The Labute approximate surface area is 69.3 Å². The van der Waals surface area contributed by atoms with Gasteiger partial charge in [0.25, 0.3) is 0 Å². The highest BCUT2D eigenvalue weighted by molar-refractivity contribution is 4.62. The van der Waals surface area contributed by atoms with Gasteiger partial charge >= 0.3 is 0 Å². The van der Waals surface area contributed by atoms with Crippen molar-refractivity contribution in [2.45, 2.75) is 45.3 Å². The number of nitrogens with one attached hydrogen (secondary N) is 1. The molecule has 11 heavy (non-hydrogen) atoms. The molecule has 1 unspecified atom stereocenters. The fourth-order valence-electron chi connectivity index (χ4n) is 1.42. The summed E-state index contributed by atoms with van der Waals surface area (Å²) >= 11 is 0. The average Bonchev–Trinajstić information content (AvgIpc) is 2.50. The van der Waals surface area contributed by atoms with Gasteiger partial charge in [-0.3, -0.25) is 5.32 Å². The maximum Gasteiger partial charge on any atom is 0.108 e. The summed E-state index contributed by atoms with van der Waals surface area (Å²) in [7, 11) is 0. The highest BCUT2D eigenvalue weighted by Crippen LogP contribution is 2.08. The first-order valence-corrected chi connectivity index (χ1v) is 4.78. The standard InChI is InChI=1S/C9H19NO/c1-2-3-4-5-6-9-10-7-8-11-9/h9-10H,2-8H2,1H3. The van der Waals surface area contributed by atoms with Crippen LogP contribution in [0.15, 0.2) is 0 Å². The summed E-state index contributed by atoms with van der Waals surface area (Å²) in [5, 5.41) is 3.31. The van der Waals surface area contributed by atoms with E-state index < -0.39 is 0 Å². The first kappa shape index (κ1) is 9.01. The van der Waals surface area contributed by atoms with Crippen LogP contribution in [0.3, 0.4) is 0 Å². The van der Waals surface area contributed by atoms with Crippen LogP contribution < -0.4 is 5.32 Å². The highest BCUT2D eigenvalue weighted by atomic mass is 16.5. The Kier molecular flexibility index (Phi) is 4.55. The lowest BCUT2D eigenvalue weighted by atomic mass is 10.1. The quantitative estimate of drug-likeness (QED) is 0.615. The van der Waals surface area contributed by atoms with Gasteiger partial charge in [-0.25, -0.2) is 0 Å². The summed E-state index contributed by atoms with van der Waals surface area (Å²) in [5.41, 5.74) is 0. The molecule has 1 aliphatic rings. The maximum absolute atomic E-state index is 5.42. The van der Waals surface area contributed by atoms with E-state index >= 15 is 0 Å². The second-order valence-electron chi connectivity index (χ2n) is 3.16. The topological polar surface area (TPSA) is 21.3 Å². The van der Waals surface area contributed by atoms with Crippen LogP contribution >= 0.6 is 0 Å². The predicted octanol–water partition coefficient (Wildman–Crippen LogP) is 1.90.